The van der Waals surface area contributed by atoms with Gasteiger partial charge in [-0.3, -0.25) is 15.1 Å². The van der Waals surface area contributed by atoms with Crippen molar-refractivity contribution in [2.45, 2.75) is 25.3 Å². The molecule has 0 saturated carbocycles. The first kappa shape index (κ1) is 15.1. The Bertz CT molecular complexity index is 643. The molecule has 1 amide bonds. The molecule has 0 unspecified atom stereocenters. The summed E-state index contributed by atoms with van der Waals surface area (Å²) in [5.74, 6) is -0.129. The largest absolute Gasteiger partial charge is 0.342 e. The number of aromatic nitrogens is 1. The zero-order valence-electron chi connectivity index (χ0n) is 12.1. The molecule has 1 atom stereocenters. The number of thiophene rings is 1. The predicted molar refractivity (Wildman–Crippen MR) is 91.9 cm³/mol. The van der Waals surface area contributed by atoms with Gasteiger partial charge in [-0.25, -0.2) is 0 Å². The van der Waals surface area contributed by atoms with E-state index in [4.69, 9.17) is 12.2 Å². The van der Waals surface area contributed by atoms with Crippen LogP contribution in [0.2, 0.25) is 0 Å². The molecule has 0 radical (unpaired) electrons. The van der Waals surface area contributed by atoms with E-state index in [1.54, 1.807) is 12.3 Å². The first-order valence-corrected chi connectivity index (χ1v) is 8.60. The van der Waals surface area contributed by atoms with Crippen LogP contribution in [0.4, 0.5) is 0 Å². The third kappa shape index (κ3) is 3.34. The summed E-state index contributed by atoms with van der Waals surface area (Å²) in [6, 6.07) is 7.87. The highest BCUT2D eigenvalue weighted by atomic mass is 32.1. The number of hydrogen-bond acceptors (Lipinski definition) is 4. The minimum absolute atomic E-state index is 0.129. The first-order valence-electron chi connectivity index (χ1n) is 7.31. The summed E-state index contributed by atoms with van der Waals surface area (Å²) in [6.07, 6.45) is 6.93. The van der Waals surface area contributed by atoms with Crippen molar-refractivity contribution in [1.82, 2.24) is 15.2 Å². The molecule has 6 heteroatoms. The topological polar surface area (TPSA) is 45.2 Å². The minimum Gasteiger partial charge on any atom is -0.342 e. The van der Waals surface area contributed by atoms with Crippen molar-refractivity contribution in [3.05, 3.63) is 52.5 Å². The van der Waals surface area contributed by atoms with E-state index in [-0.39, 0.29) is 11.9 Å². The lowest BCUT2D eigenvalue weighted by molar-refractivity contribution is 0.0973. The van der Waals surface area contributed by atoms with Gasteiger partial charge in [-0.15, -0.1) is 11.3 Å². The molecule has 3 heterocycles. The number of rotatable bonds is 2. The van der Waals surface area contributed by atoms with Crippen molar-refractivity contribution in [2.24, 2.45) is 0 Å². The average molecular weight is 331 g/mol. The molecule has 3 rings (SSSR count). The standard InChI is InChI=1S/C16H17N3OS2/c20-15(14-7-4-10-22-14)18-16(21)19-9-2-1-6-13(19)12-5-3-8-17-11-12/h3-5,7-8,10-11,13H,1-2,6,9H2,(H,18,20,21)/t13-/m0/s1. The normalized spacial score (nSPS) is 18.0. The SMILES string of the molecule is O=C(NC(=S)N1CCCC[C@H]1c1cccnc1)c1cccs1. The summed E-state index contributed by atoms with van der Waals surface area (Å²) in [5.41, 5.74) is 1.15. The van der Waals surface area contributed by atoms with Crippen LogP contribution >= 0.6 is 23.6 Å². The molecule has 0 aliphatic carbocycles. The van der Waals surface area contributed by atoms with Crippen molar-refractivity contribution in [3.63, 3.8) is 0 Å². The molecule has 114 valence electrons. The van der Waals surface area contributed by atoms with E-state index in [2.05, 4.69) is 21.3 Å². The van der Waals surface area contributed by atoms with Crippen LogP contribution in [0.15, 0.2) is 42.0 Å². The summed E-state index contributed by atoms with van der Waals surface area (Å²) in [5, 5.41) is 5.25. The fourth-order valence-corrected chi connectivity index (χ4v) is 3.66. The third-order valence-electron chi connectivity index (χ3n) is 3.80. The number of likely N-dealkylation sites (tertiary alicyclic amines) is 1. The number of piperidine rings is 1. The number of carbonyl (C=O) groups is 1. The van der Waals surface area contributed by atoms with Gasteiger partial charge in [-0.2, -0.15) is 0 Å². The van der Waals surface area contributed by atoms with Gasteiger partial charge in [0.25, 0.3) is 5.91 Å². The molecule has 1 aliphatic rings. The zero-order chi connectivity index (χ0) is 15.4. The number of hydrogen-bond donors (Lipinski definition) is 1. The number of nitrogens with one attached hydrogen (secondary N) is 1. The number of nitrogens with zero attached hydrogens (tertiary/aromatic N) is 2. The van der Waals surface area contributed by atoms with Crippen LogP contribution in [0.5, 0.6) is 0 Å². The molecule has 4 nitrogen and oxygen atoms in total. The van der Waals surface area contributed by atoms with Crippen LogP contribution in [-0.2, 0) is 0 Å². The lowest BCUT2D eigenvalue weighted by atomic mass is 9.97. The maximum absolute atomic E-state index is 12.2. The Morgan fingerprint density at radius 1 is 1.36 bits per heavy atom. The van der Waals surface area contributed by atoms with E-state index < -0.39 is 0 Å². The lowest BCUT2D eigenvalue weighted by Crippen LogP contribution is -2.46. The van der Waals surface area contributed by atoms with Crippen LogP contribution in [0.25, 0.3) is 0 Å². The van der Waals surface area contributed by atoms with Crippen LogP contribution in [0, 0.1) is 0 Å². The van der Waals surface area contributed by atoms with Gasteiger partial charge in [0.2, 0.25) is 0 Å². The Morgan fingerprint density at radius 3 is 3.00 bits per heavy atom. The van der Waals surface area contributed by atoms with E-state index >= 15 is 0 Å². The summed E-state index contributed by atoms with van der Waals surface area (Å²) in [4.78, 5) is 19.2. The summed E-state index contributed by atoms with van der Waals surface area (Å²) >= 11 is 6.90. The predicted octanol–water partition coefficient (Wildman–Crippen LogP) is 3.39. The van der Waals surface area contributed by atoms with Gasteiger partial charge in [0.05, 0.1) is 10.9 Å². The van der Waals surface area contributed by atoms with E-state index in [1.807, 2.05) is 23.7 Å². The van der Waals surface area contributed by atoms with E-state index in [1.165, 1.54) is 11.3 Å². The maximum Gasteiger partial charge on any atom is 0.267 e. The second-order valence-electron chi connectivity index (χ2n) is 5.23. The fraction of sp³-hybridized carbons (Fsp3) is 0.312. The highest BCUT2D eigenvalue weighted by Gasteiger charge is 2.27. The number of pyridine rings is 1. The van der Waals surface area contributed by atoms with Crippen molar-refractivity contribution in [1.29, 1.82) is 0 Å². The van der Waals surface area contributed by atoms with Gasteiger partial charge < -0.3 is 4.90 Å². The second kappa shape index (κ2) is 6.98. The summed E-state index contributed by atoms with van der Waals surface area (Å²) in [7, 11) is 0. The average Bonchev–Trinajstić information content (AvgIpc) is 3.10. The van der Waals surface area contributed by atoms with Gasteiger partial charge in [0.15, 0.2) is 5.11 Å². The monoisotopic (exact) mass is 331 g/mol. The van der Waals surface area contributed by atoms with E-state index in [0.29, 0.717) is 9.99 Å². The Balaban J connectivity index is 1.73. The Morgan fingerprint density at radius 2 is 2.27 bits per heavy atom. The first-order chi connectivity index (χ1) is 10.8. The number of amides is 1. The second-order valence-corrected chi connectivity index (χ2v) is 6.56. The lowest BCUT2D eigenvalue weighted by Gasteiger charge is -2.37. The molecule has 2 aromatic rings. The summed E-state index contributed by atoms with van der Waals surface area (Å²) in [6.45, 7) is 0.864. The molecule has 0 spiro atoms. The Labute approximate surface area is 139 Å². The van der Waals surface area contributed by atoms with Crippen LogP contribution in [0.1, 0.15) is 40.5 Å². The molecule has 1 saturated heterocycles. The zero-order valence-corrected chi connectivity index (χ0v) is 13.7. The molecule has 1 aliphatic heterocycles. The fourth-order valence-electron chi connectivity index (χ4n) is 2.73. The molecular weight excluding hydrogens is 314 g/mol. The number of thiocarbonyl (C=S) groups is 1. The molecule has 1 fully saturated rings. The molecule has 0 bridgehead atoms. The maximum atomic E-state index is 12.2. The van der Waals surface area contributed by atoms with Gasteiger partial charge in [0, 0.05) is 18.9 Å². The molecule has 22 heavy (non-hydrogen) atoms. The van der Waals surface area contributed by atoms with Crippen molar-refractivity contribution < 1.29 is 4.79 Å². The molecule has 0 aromatic carbocycles. The van der Waals surface area contributed by atoms with Crippen LogP contribution < -0.4 is 5.32 Å². The molecule has 2 aromatic heterocycles. The quantitative estimate of drug-likeness (QED) is 0.857. The summed E-state index contributed by atoms with van der Waals surface area (Å²) < 4.78 is 0. The van der Waals surface area contributed by atoms with Gasteiger partial charge in [-0.05, 0) is 54.6 Å². The van der Waals surface area contributed by atoms with E-state index in [0.717, 1.165) is 31.4 Å². The molecule has 1 N–H and O–H groups in total. The van der Waals surface area contributed by atoms with Gasteiger partial charge >= 0.3 is 0 Å². The van der Waals surface area contributed by atoms with Crippen molar-refractivity contribution >= 4 is 34.6 Å². The van der Waals surface area contributed by atoms with Gasteiger partial charge in [0.1, 0.15) is 0 Å². The minimum atomic E-state index is -0.129. The smallest absolute Gasteiger partial charge is 0.267 e. The number of carbonyl (C=O) groups excluding carboxylic acids is 1. The van der Waals surface area contributed by atoms with Crippen molar-refractivity contribution in [2.75, 3.05) is 6.54 Å². The Hall–Kier alpha value is -1.79. The highest BCUT2D eigenvalue weighted by molar-refractivity contribution is 7.80. The van der Waals surface area contributed by atoms with E-state index in [9.17, 15) is 4.79 Å². The molecular formula is C16H17N3OS2. The van der Waals surface area contributed by atoms with Crippen LogP contribution in [-0.4, -0.2) is 27.4 Å². The van der Waals surface area contributed by atoms with Crippen molar-refractivity contribution in [3.8, 4) is 0 Å². The van der Waals surface area contributed by atoms with Crippen LogP contribution in [0.3, 0.4) is 0 Å². The Kier molecular flexibility index (Phi) is 4.80. The highest BCUT2D eigenvalue weighted by Crippen LogP contribution is 2.30. The third-order valence-corrected chi connectivity index (χ3v) is 5.00. The van der Waals surface area contributed by atoms with Gasteiger partial charge in [-0.1, -0.05) is 12.1 Å².